The van der Waals surface area contributed by atoms with Gasteiger partial charge in [0.2, 0.25) is 5.95 Å². The number of pyridine rings is 1. The van der Waals surface area contributed by atoms with E-state index in [1.807, 2.05) is 12.1 Å². The van der Waals surface area contributed by atoms with Crippen molar-refractivity contribution in [2.45, 2.75) is 18.5 Å². The number of aromatic nitrogens is 1. The van der Waals surface area contributed by atoms with Crippen LogP contribution < -0.4 is 11.5 Å². The summed E-state index contributed by atoms with van der Waals surface area (Å²) >= 11 is 5.87. The quantitative estimate of drug-likeness (QED) is 0.848. The van der Waals surface area contributed by atoms with Gasteiger partial charge in [-0.3, -0.25) is 0 Å². The second-order valence-corrected chi connectivity index (χ2v) is 4.97. The minimum Gasteiger partial charge on any atom is -0.326 e. The Morgan fingerprint density at radius 1 is 1.16 bits per heavy atom. The molecule has 1 aromatic carbocycles. The largest absolute Gasteiger partial charge is 0.326 e. The maximum Gasteiger partial charge on any atom is 0.212 e. The fourth-order valence-corrected chi connectivity index (χ4v) is 2.16. The zero-order chi connectivity index (χ0) is 14.0. The summed E-state index contributed by atoms with van der Waals surface area (Å²) in [5, 5.41) is 0.619. The number of hydrogen-bond donors (Lipinski definition) is 2. The molecule has 1 unspecified atom stereocenters. The molecular weight excluding hydrogens is 265 g/mol. The highest BCUT2D eigenvalue weighted by Crippen LogP contribution is 2.30. The smallest absolute Gasteiger partial charge is 0.212 e. The molecule has 19 heavy (non-hydrogen) atoms. The monoisotopic (exact) mass is 279 g/mol. The molecule has 0 spiro atoms. The van der Waals surface area contributed by atoms with Crippen molar-refractivity contribution in [2.75, 3.05) is 0 Å². The van der Waals surface area contributed by atoms with Crippen molar-refractivity contribution in [1.29, 1.82) is 0 Å². The molecule has 2 rings (SSSR count). The number of halogens is 2. The summed E-state index contributed by atoms with van der Waals surface area (Å²) in [5.74, 6) is -0.549. The van der Waals surface area contributed by atoms with Gasteiger partial charge in [-0.25, -0.2) is 4.98 Å². The van der Waals surface area contributed by atoms with Crippen LogP contribution in [-0.2, 0) is 5.54 Å². The molecule has 2 atom stereocenters. The van der Waals surface area contributed by atoms with Crippen molar-refractivity contribution >= 4 is 11.6 Å². The topological polar surface area (TPSA) is 64.9 Å². The minimum absolute atomic E-state index is 0.374. The molecule has 4 N–H and O–H groups in total. The third-order valence-corrected chi connectivity index (χ3v) is 3.50. The Kier molecular flexibility index (Phi) is 3.85. The van der Waals surface area contributed by atoms with Crippen LogP contribution in [0.15, 0.2) is 42.6 Å². The number of nitrogens with zero attached hydrogens (tertiary/aromatic N) is 1. The molecule has 0 saturated heterocycles. The molecule has 0 saturated carbocycles. The highest BCUT2D eigenvalue weighted by Gasteiger charge is 2.34. The molecule has 2 aromatic rings. The van der Waals surface area contributed by atoms with Gasteiger partial charge >= 0.3 is 0 Å². The second kappa shape index (κ2) is 5.25. The zero-order valence-electron chi connectivity index (χ0n) is 10.5. The summed E-state index contributed by atoms with van der Waals surface area (Å²) in [7, 11) is 0. The summed E-state index contributed by atoms with van der Waals surface area (Å²) in [5.41, 5.74) is 13.0. The van der Waals surface area contributed by atoms with Gasteiger partial charge < -0.3 is 11.5 Å². The molecular formula is C14H15ClFN3. The summed E-state index contributed by atoms with van der Waals surface area (Å²) in [6.45, 7) is 1.80. The standard InChI is InChI=1S/C14H15ClFN3/c1-9(17)14(18,10-2-5-12(15)6-3-10)11-4-7-13(16)19-8-11/h2-9H,17-18H2,1H3/t9-,14?/m0/s1. The van der Waals surface area contributed by atoms with E-state index in [-0.39, 0.29) is 6.04 Å². The Balaban J connectivity index is 2.54. The molecule has 0 aliphatic carbocycles. The minimum atomic E-state index is -0.939. The summed E-state index contributed by atoms with van der Waals surface area (Å²) < 4.78 is 12.9. The van der Waals surface area contributed by atoms with E-state index < -0.39 is 11.5 Å². The van der Waals surface area contributed by atoms with Crippen molar-refractivity contribution in [3.05, 3.63) is 64.7 Å². The zero-order valence-corrected chi connectivity index (χ0v) is 11.2. The van der Waals surface area contributed by atoms with Crippen LogP contribution in [-0.4, -0.2) is 11.0 Å². The van der Waals surface area contributed by atoms with Gasteiger partial charge in [0.05, 0.1) is 5.54 Å². The third kappa shape index (κ3) is 2.61. The highest BCUT2D eigenvalue weighted by molar-refractivity contribution is 6.30. The predicted molar refractivity (Wildman–Crippen MR) is 74.3 cm³/mol. The predicted octanol–water partition coefficient (Wildman–Crippen LogP) is 2.42. The van der Waals surface area contributed by atoms with Crippen LogP contribution in [0.4, 0.5) is 4.39 Å². The van der Waals surface area contributed by atoms with Gasteiger partial charge in [-0.15, -0.1) is 0 Å². The van der Waals surface area contributed by atoms with E-state index in [1.165, 1.54) is 12.3 Å². The second-order valence-electron chi connectivity index (χ2n) is 4.53. The van der Waals surface area contributed by atoms with Crippen LogP contribution in [0, 0.1) is 5.95 Å². The molecule has 0 aliphatic rings. The van der Waals surface area contributed by atoms with Gasteiger partial charge in [0.1, 0.15) is 0 Å². The molecule has 0 amide bonds. The average Bonchev–Trinajstić information content (AvgIpc) is 2.39. The molecule has 1 heterocycles. The molecule has 5 heteroatoms. The third-order valence-electron chi connectivity index (χ3n) is 3.25. The first-order valence-corrected chi connectivity index (χ1v) is 6.25. The number of nitrogens with two attached hydrogens (primary N) is 2. The molecule has 0 aliphatic heterocycles. The molecule has 1 aromatic heterocycles. The van der Waals surface area contributed by atoms with Gasteiger partial charge in [-0.05, 0) is 36.2 Å². The molecule has 0 bridgehead atoms. The first kappa shape index (κ1) is 13.9. The van der Waals surface area contributed by atoms with Crippen LogP contribution in [0.1, 0.15) is 18.1 Å². The van der Waals surface area contributed by atoms with E-state index in [9.17, 15) is 4.39 Å². The van der Waals surface area contributed by atoms with Gasteiger partial charge in [0.25, 0.3) is 0 Å². The van der Waals surface area contributed by atoms with Gasteiger partial charge in [0.15, 0.2) is 0 Å². The molecule has 100 valence electrons. The van der Waals surface area contributed by atoms with E-state index >= 15 is 0 Å². The summed E-state index contributed by atoms with van der Waals surface area (Å²) in [6.07, 6.45) is 1.41. The lowest BCUT2D eigenvalue weighted by Gasteiger charge is -2.34. The van der Waals surface area contributed by atoms with Crippen molar-refractivity contribution in [1.82, 2.24) is 4.98 Å². The lowest BCUT2D eigenvalue weighted by atomic mass is 9.79. The van der Waals surface area contributed by atoms with Gasteiger partial charge in [-0.1, -0.05) is 29.8 Å². The fraction of sp³-hybridized carbons (Fsp3) is 0.214. The van der Waals surface area contributed by atoms with Gasteiger partial charge in [-0.2, -0.15) is 4.39 Å². The Labute approximate surface area is 116 Å². The molecule has 3 nitrogen and oxygen atoms in total. The van der Waals surface area contributed by atoms with Crippen molar-refractivity contribution in [3.8, 4) is 0 Å². The lowest BCUT2D eigenvalue weighted by Crippen LogP contribution is -2.51. The molecule has 0 radical (unpaired) electrons. The Morgan fingerprint density at radius 2 is 1.74 bits per heavy atom. The lowest BCUT2D eigenvalue weighted by molar-refractivity contribution is 0.442. The first-order valence-electron chi connectivity index (χ1n) is 5.87. The van der Waals surface area contributed by atoms with E-state index in [2.05, 4.69) is 4.98 Å². The summed E-state index contributed by atoms with van der Waals surface area (Å²) in [4.78, 5) is 3.64. The van der Waals surface area contributed by atoms with Crippen LogP contribution in [0.2, 0.25) is 5.02 Å². The normalized spacial score (nSPS) is 15.8. The molecule has 0 fully saturated rings. The SMILES string of the molecule is C[C@H](N)C(N)(c1ccc(Cl)cc1)c1ccc(F)nc1. The van der Waals surface area contributed by atoms with Crippen LogP contribution >= 0.6 is 11.6 Å². The van der Waals surface area contributed by atoms with E-state index in [0.717, 1.165) is 5.56 Å². The Bertz CT molecular complexity index is 506. The Hall–Kier alpha value is -1.49. The van der Waals surface area contributed by atoms with E-state index in [1.54, 1.807) is 25.1 Å². The first-order chi connectivity index (χ1) is 8.94. The van der Waals surface area contributed by atoms with Crippen LogP contribution in [0.3, 0.4) is 0 Å². The van der Waals surface area contributed by atoms with Crippen molar-refractivity contribution in [2.24, 2.45) is 11.5 Å². The van der Waals surface area contributed by atoms with Crippen LogP contribution in [0.25, 0.3) is 0 Å². The van der Waals surface area contributed by atoms with E-state index in [4.69, 9.17) is 23.1 Å². The fourth-order valence-electron chi connectivity index (χ4n) is 2.04. The number of benzene rings is 1. The number of rotatable bonds is 3. The van der Waals surface area contributed by atoms with Crippen molar-refractivity contribution in [3.63, 3.8) is 0 Å². The van der Waals surface area contributed by atoms with Crippen molar-refractivity contribution < 1.29 is 4.39 Å². The maximum atomic E-state index is 12.9. The van der Waals surface area contributed by atoms with Crippen LogP contribution in [0.5, 0.6) is 0 Å². The van der Waals surface area contributed by atoms with Gasteiger partial charge in [0, 0.05) is 17.3 Å². The Morgan fingerprint density at radius 3 is 2.21 bits per heavy atom. The van der Waals surface area contributed by atoms with E-state index in [0.29, 0.717) is 10.6 Å². The highest BCUT2D eigenvalue weighted by atomic mass is 35.5. The summed E-state index contributed by atoms with van der Waals surface area (Å²) in [6, 6.07) is 9.62. The average molecular weight is 280 g/mol. The maximum absolute atomic E-state index is 12.9. The number of hydrogen-bond acceptors (Lipinski definition) is 3.